The fourth-order valence-electron chi connectivity index (χ4n) is 2.63. The van der Waals surface area contributed by atoms with Gasteiger partial charge in [0.15, 0.2) is 0 Å². The zero-order valence-corrected chi connectivity index (χ0v) is 13.8. The minimum Gasteiger partial charge on any atom is -0.355 e. The van der Waals surface area contributed by atoms with Gasteiger partial charge in [-0.25, -0.2) is 4.98 Å². The molecule has 3 heterocycles. The van der Waals surface area contributed by atoms with Gasteiger partial charge in [-0.3, -0.25) is 14.7 Å². The Kier molecular flexibility index (Phi) is 5.55. The van der Waals surface area contributed by atoms with Crippen molar-refractivity contribution in [1.29, 1.82) is 0 Å². The molecule has 23 heavy (non-hydrogen) atoms. The largest absolute Gasteiger partial charge is 0.355 e. The minimum atomic E-state index is 0.106. The number of aromatic nitrogens is 2. The molecule has 0 atom stereocenters. The first-order chi connectivity index (χ1) is 11.3. The SMILES string of the molecule is O=C(CN1CCN(c2cnccn2)CC1)NCCc1cccs1. The maximum Gasteiger partial charge on any atom is 0.234 e. The minimum absolute atomic E-state index is 0.106. The number of nitrogens with zero attached hydrogens (tertiary/aromatic N) is 4. The van der Waals surface area contributed by atoms with Crippen LogP contribution in [-0.2, 0) is 11.2 Å². The van der Waals surface area contributed by atoms with Crippen molar-refractivity contribution in [3.05, 3.63) is 41.0 Å². The highest BCUT2D eigenvalue weighted by atomic mass is 32.1. The van der Waals surface area contributed by atoms with Crippen molar-refractivity contribution in [1.82, 2.24) is 20.2 Å². The molecule has 3 rings (SSSR count). The van der Waals surface area contributed by atoms with Crippen LogP contribution in [0.5, 0.6) is 0 Å². The Bertz CT molecular complexity index is 596. The topological polar surface area (TPSA) is 61.4 Å². The summed E-state index contributed by atoms with van der Waals surface area (Å²) in [5, 5.41) is 5.06. The van der Waals surface area contributed by atoms with Gasteiger partial charge in [-0.1, -0.05) is 6.07 Å². The summed E-state index contributed by atoms with van der Waals surface area (Å²) in [4.78, 5) is 26.1. The Balaban J connectivity index is 1.36. The van der Waals surface area contributed by atoms with Crippen molar-refractivity contribution in [3.8, 4) is 0 Å². The number of hydrogen-bond donors (Lipinski definition) is 1. The van der Waals surface area contributed by atoms with E-state index in [4.69, 9.17) is 0 Å². The zero-order valence-electron chi connectivity index (χ0n) is 13.0. The summed E-state index contributed by atoms with van der Waals surface area (Å²) in [5.74, 6) is 1.02. The molecule has 1 aliphatic rings. The third kappa shape index (κ3) is 4.74. The van der Waals surface area contributed by atoms with E-state index in [1.165, 1.54) is 4.88 Å². The van der Waals surface area contributed by atoms with Crippen LogP contribution in [0.25, 0.3) is 0 Å². The van der Waals surface area contributed by atoms with Crippen LogP contribution in [0, 0.1) is 0 Å². The summed E-state index contributed by atoms with van der Waals surface area (Å²) in [6.07, 6.45) is 6.08. The van der Waals surface area contributed by atoms with Gasteiger partial charge in [0.25, 0.3) is 0 Å². The second-order valence-electron chi connectivity index (χ2n) is 5.51. The average Bonchev–Trinajstić information content (AvgIpc) is 3.10. The molecule has 2 aromatic rings. The van der Waals surface area contributed by atoms with E-state index in [1.54, 1.807) is 29.9 Å². The smallest absolute Gasteiger partial charge is 0.234 e. The first-order valence-corrected chi connectivity index (χ1v) is 8.71. The zero-order chi connectivity index (χ0) is 15.9. The highest BCUT2D eigenvalue weighted by Gasteiger charge is 2.19. The van der Waals surface area contributed by atoms with Gasteiger partial charge in [0.05, 0.1) is 12.7 Å². The number of piperazine rings is 1. The molecule has 7 heteroatoms. The molecule has 0 saturated carbocycles. The summed E-state index contributed by atoms with van der Waals surface area (Å²) in [6.45, 7) is 4.67. The van der Waals surface area contributed by atoms with Crippen molar-refractivity contribution < 1.29 is 4.79 Å². The summed E-state index contributed by atoms with van der Waals surface area (Å²) < 4.78 is 0. The molecule has 1 aliphatic heterocycles. The number of thiophene rings is 1. The van der Waals surface area contributed by atoms with E-state index in [0.717, 1.165) is 38.4 Å². The normalized spacial score (nSPS) is 15.6. The molecule has 0 spiro atoms. The predicted octanol–water partition coefficient (Wildman–Crippen LogP) is 1.02. The molecule has 0 bridgehead atoms. The molecular weight excluding hydrogens is 310 g/mol. The molecule has 0 unspecified atom stereocenters. The van der Waals surface area contributed by atoms with Gasteiger partial charge in [0, 0.05) is 50.0 Å². The molecule has 122 valence electrons. The quantitative estimate of drug-likeness (QED) is 0.856. The molecule has 1 fully saturated rings. The van der Waals surface area contributed by atoms with E-state index in [2.05, 4.69) is 36.5 Å². The highest BCUT2D eigenvalue weighted by Crippen LogP contribution is 2.11. The molecule has 1 saturated heterocycles. The maximum atomic E-state index is 12.0. The highest BCUT2D eigenvalue weighted by molar-refractivity contribution is 7.09. The second-order valence-corrected chi connectivity index (χ2v) is 6.54. The van der Waals surface area contributed by atoms with Crippen LogP contribution in [0.2, 0.25) is 0 Å². The van der Waals surface area contributed by atoms with Crippen molar-refractivity contribution in [2.75, 3.05) is 44.2 Å². The van der Waals surface area contributed by atoms with Crippen LogP contribution in [0.3, 0.4) is 0 Å². The maximum absolute atomic E-state index is 12.0. The van der Waals surface area contributed by atoms with E-state index in [9.17, 15) is 4.79 Å². The molecule has 6 nitrogen and oxygen atoms in total. The molecule has 2 aromatic heterocycles. The number of anilines is 1. The number of hydrogen-bond acceptors (Lipinski definition) is 6. The number of amides is 1. The van der Waals surface area contributed by atoms with Crippen LogP contribution in [0.15, 0.2) is 36.1 Å². The Morgan fingerprint density at radius 2 is 2.13 bits per heavy atom. The van der Waals surface area contributed by atoms with Gasteiger partial charge in [0.2, 0.25) is 5.91 Å². The Morgan fingerprint density at radius 3 is 2.83 bits per heavy atom. The molecule has 1 N–H and O–H groups in total. The van der Waals surface area contributed by atoms with Gasteiger partial charge in [0.1, 0.15) is 5.82 Å². The molecule has 1 amide bonds. The number of rotatable bonds is 6. The van der Waals surface area contributed by atoms with Crippen LogP contribution >= 0.6 is 11.3 Å². The Hall–Kier alpha value is -1.99. The lowest BCUT2D eigenvalue weighted by Crippen LogP contribution is -2.49. The van der Waals surface area contributed by atoms with Gasteiger partial charge >= 0.3 is 0 Å². The van der Waals surface area contributed by atoms with Crippen LogP contribution in [0.4, 0.5) is 5.82 Å². The van der Waals surface area contributed by atoms with Gasteiger partial charge in [-0.2, -0.15) is 0 Å². The lowest BCUT2D eigenvalue weighted by molar-refractivity contribution is -0.122. The van der Waals surface area contributed by atoms with Crippen molar-refractivity contribution in [2.24, 2.45) is 0 Å². The molecular formula is C16H21N5OS. The first-order valence-electron chi connectivity index (χ1n) is 7.83. The summed E-state index contributed by atoms with van der Waals surface area (Å²) in [7, 11) is 0. The van der Waals surface area contributed by atoms with Gasteiger partial charge in [-0.15, -0.1) is 11.3 Å². The molecule has 0 aromatic carbocycles. The number of carbonyl (C=O) groups excluding carboxylic acids is 1. The lowest BCUT2D eigenvalue weighted by Gasteiger charge is -2.34. The van der Waals surface area contributed by atoms with Crippen molar-refractivity contribution >= 4 is 23.1 Å². The van der Waals surface area contributed by atoms with E-state index < -0.39 is 0 Å². The summed E-state index contributed by atoms with van der Waals surface area (Å²) in [5.41, 5.74) is 0. The summed E-state index contributed by atoms with van der Waals surface area (Å²) in [6, 6.07) is 4.14. The fraction of sp³-hybridized carbons (Fsp3) is 0.438. The van der Waals surface area contributed by atoms with E-state index in [0.29, 0.717) is 13.1 Å². The fourth-order valence-corrected chi connectivity index (χ4v) is 3.34. The number of nitrogens with one attached hydrogen (secondary N) is 1. The van der Waals surface area contributed by atoms with Gasteiger partial charge < -0.3 is 10.2 Å². The third-order valence-electron chi connectivity index (χ3n) is 3.89. The van der Waals surface area contributed by atoms with Crippen LogP contribution in [-0.4, -0.2) is 60.0 Å². The van der Waals surface area contributed by atoms with E-state index in [-0.39, 0.29) is 5.91 Å². The Labute approximate surface area is 140 Å². The first kappa shape index (κ1) is 15.9. The monoisotopic (exact) mass is 331 g/mol. The average molecular weight is 331 g/mol. The van der Waals surface area contributed by atoms with E-state index in [1.807, 2.05) is 6.07 Å². The predicted molar refractivity (Wildman–Crippen MR) is 91.7 cm³/mol. The standard InChI is InChI=1S/C16H21N5OS/c22-16(19-4-3-14-2-1-11-23-14)13-20-7-9-21(10-8-20)15-12-17-5-6-18-15/h1-2,5-6,11-12H,3-4,7-10,13H2,(H,19,22). The second kappa shape index (κ2) is 8.03. The third-order valence-corrected chi connectivity index (χ3v) is 4.82. The molecule has 0 radical (unpaired) electrons. The van der Waals surface area contributed by atoms with Crippen molar-refractivity contribution in [3.63, 3.8) is 0 Å². The number of carbonyl (C=O) groups is 1. The van der Waals surface area contributed by atoms with E-state index >= 15 is 0 Å². The lowest BCUT2D eigenvalue weighted by atomic mass is 10.3. The van der Waals surface area contributed by atoms with Crippen LogP contribution in [0.1, 0.15) is 4.88 Å². The van der Waals surface area contributed by atoms with Crippen molar-refractivity contribution in [2.45, 2.75) is 6.42 Å². The Morgan fingerprint density at radius 1 is 1.26 bits per heavy atom. The van der Waals surface area contributed by atoms with Crippen LogP contribution < -0.4 is 10.2 Å². The van der Waals surface area contributed by atoms with Gasteiger partial charge in [-0.05, 0) is 17.9 Å². The summed E-state index contributed by atoms with van der Waals surface area (Å²) >= 11 is 1.73. The molecule has 0 aliphatic carbocycles.